The normalized spacial score (nSPS) is 10.9. The van der Waals surface area contributed by atoms with Gasteiger partial charge in [0.05, 0.1) is 6.61 Å². The fourth-order valence-corrected chi connectivity index (χ4v) is 2.74. The Morgan fingerprint density at radius 3 is 2.73 bits per heavy atom. The second kappa shape index (κ2) is 7.80. The number of aryl methyl sites for hydroxylation is 2. The zero-order chi connectivity index (χ0) is 15.9. The number of thiophene rings is 1. The number of nitrogens with one attached hydrogen (secondary N) is 1. The van der Waals surface area contributed by atoms with E-state index >= 15 is 0 Å². The Kier molecular flexibility index (Phi) is 5.78. The maximum atomic E-state index is 12.0. The van der Waals surface area contributed by atoms with Crippen molar-refractivity contribution < 1.29 is 9.53 Å². The predicted molar refractivity (Wildman–Crippen MR) is 93.7 cm³/mol. The van der Waals surface area contributed by atoms with Crippen molar-refractivity contribution in [1.82, 2.24) is 0 Å². The van der Waals surface area contributed by atoms with Crippen molar-refractivity contribution in [2.24, 2.45) is 0 Å². The molecule has 22 heavy (non-hydrogen) atoms. The first kappa shape index (κ1) is 16.3. The molecule has 116 valence electrons. The number of ether oxygens (including phenoxy) is 1. The molecule has 0 bridgehead atoms. The molecule has 0 saturated heterocycles. The highest BCUT2D eigenvalue weighted by molar-refractivity contribution is 7.12. The maximum absolute atomic E-state index is 12.0. The van der Waals surface area contributed by atoms with E-state index in [0.717, 1.165) is 28.3 Å². The zero-order valence-corrected chi connectivity index (χ0v) is 14.0. The Balaban J connectivity index is 1.97. The first-order valence-corrected chi connectivity index (χ1v) is 8.19. The van der Waals surface area contributed by atoms with Crippen LogP contribution in [-0.2, 0) is 4.79 Å². The Morgan fingerprint density at radius 2 is 2.09 bits per heavy atom. The van der Waals surface area contributed by atoms with Gasteiger partial charge in [0.15, 0.2) is 0 Å². The molecule has 1 heterocycles. The SMILES string of the molecule is CCCOc1ccc(NC(=O)/C=C/c2ccc(C)s2)c(C)c1. The number of rotatable bonds is 6. The molecule has 4 heteroatoms. The number of benzene rings is 1. The van der Waals surface area contributed by atoms with E-state index in [1.54, 1.807) is 17.4 Å². The van der Waals surface area contributed by atoms with Crippen LogP contribution in [0.3, 0.4) is 0 Å². The van der Waals surface area contributed by atoms with Crippen molar-refractivity contribution in [1.29, 1.82) is 0 Å². The van der Waals surface area contributed by atoms with E-state index in [2.05, 4.69) is 12.2 Å². The van der Waals surface area contributed by atoms with Gasteiger partial charge < -0.3 is 10.1 Å². The lowest BCUT2D eigenvalue weighted by atomic mass is 10.2. The molecule has 3 nitrogen and oxygen atoms in total. The van der Waals surface area contributed by atoms with E-state index in [9.17, 15) is 4.79 Å². The number of hydrogen-bond donors (Lipinski definition) is 1. The van der Waals surface area contributed by atoms with E-state index < -0.39 is 0 Å². The van der Waals surface area contributed by atoms with Crippen LogP contribution in [0.4, 0.5) is 5.69 Å². The van der Waals surface area contributed by atoms with Crippen molar-refractivity contribution in [3.05, 3.63) is 51.7 Å². The lowest BCUT2D eigenvalue weighted by molar-refractivity contribution is -0.111. The summed E-state index contributed by atoms with van der Waals surface area (Å²) >= 11 is 1.67. The molecule has 0 aliphatic rings. The van der Waals surface area contributed by atoms with Crippen molar-refractivity contribution in [3.63, 3.8) is 0 Å². The van der Waals surface area contributed by atoms with Crippen LogP contribution in [0.2, 0.25) is 0 Å². The van der Waals surface area contributed by atoms with Gasteiger partial charge in [-0.2, -0.15) is 0 Å². The van der Waals surface area contributed by atoms with Crippen molar-refractivity contribution in [2.45, 2.75) is 27.2 Å². The lowest BCUT2D eigenvalue weighted by Gasteiger charge is -2.10. The van der Waals surface area contributed by atoms with Crippen LogP contribution in [-0.4, -0.2) is 12.5 Å². The van der Waals surface area contributed by atoms with Gasteiger partial charge in [-0.05, 0) is 62.2 Å². The molecule has 1 amide bonds. The molecule has 0 saturated carbocycles. The molecule has 0 fully saturated rings. The maximum Gasteiger partial charge on any atom is 0.248 e. The van der Waals surface area contributed by atoms with E-state index in [-0.39, 0.29) is 5.91 Å². The third kappa shape index (κ3) is 4.74. The van der Waals surface area contributed by atoms with Gasteiger partial charge in [-0.25, -0.2) is 0 Å². The summed E-state index contributed by atoms with van der Waals surface area (Å²) in [5.41, 5.74) is 1.79. The molecule has 0 aliphatic carbocycles. The van der Waals surface area contributed by atoms with Crippen LogP contribution in [0.15, 0.2) is 36.4 Å². The van der Waals surface area contributed by atoms with E-state index in [1.807, 2.05) is 50.3 Å². The van der Waals surface area contributed by atoms with Crippen LogP contribution in [0.1, 0.15) is 28.7 Å². The highest BCUT2D eigenvalue weighted by Gasteiger charge is 2.04. The quantitative estimate of drug-likeness (QED) is 0.777. The smallest absolute Gasteiger partial charge is 0.248 e. The molecule has 0 aliphatic heterocycles. The second-order valence-electron chi connectivity index (χ2n) is 5.10. The first-order chi connectivity index (χ1) is 10.6. The molecule has 1 aromatic heterocycles. The summed E-state index contributed by atoms with van der Waals surface area (Å²) < 4.78 is 5.58. The average Bonchev–Trinajstić information content (AvgIpc) is 2.91. The number of amides is 1. The third-order valence-corrected chi connectivity index (χ3v) is 4.05. The van der Waals surface area contributed by atoms with Gasteiger partial charge >= 0.3 is 0 Å². The standard InChI is InChI=1S/C18H21NO2S/c1-4-11-21-15-6-9-17(13(2)12-15)19-18(20)10-8-16-7-5-14(3)22-16/h5-10,12H,4,11H2,1-3H3,(H,19,20)/b10-8+. The van der Waals surface area contributed by atoms with Crippen LogP contribution in [0.25, 0.3) is 6.08 Å². The minimum atomic E-state index is -0.128. The Bertz CT molecular complexity index is 673. The van der Waals surface area contributed by atoms with Gasteiger partial charge in [0.25, 0.3) is 0 Å². The Hall–Kier alpha value is -2.07. The fourth-order valence-electron chi connectivity index (χ4n) is 1.96. The largest absolute Gasteiger partial charge is 0.494 e. The summed E-state index contributed by atoms with van der Waals surface area (Å²) in [6, 6.07) is 9.75. The summed E-state index contributed by atoms with van der Waals surface area (Å²) in [7, 11) is 0. The molecular weight excluding hydrogens is 294 g/mol. The molecule has 0 spiro atoms. The highest BCUT2D eigenvalue weighted by atomic mass is 32.1. The topological polar surface area (TPSA) is 38.3 Å². The second-order valence-corrected chi connectivity index (χ2v) is 6.42. The summed E-state index contributed by atoms with van der Waals surface area (Å²) in [5, 5.41) is 2.89. The van der Waals surface area contributed by atoms with Crippen LogP contribution in [0.5, 0.6) is 5.75 Å². The van der Waals surface area contributed by atoms with E-state index in [1.165, 1.54) is 4.88 Å². The average molecular weight is 315 g/mol. The van der Waals surface area contributed by atoms with Crippen LogP contribution < -0.4 is 10.1 Å². The molecule has 0 atom stereocenters. The molecule has 1 N–H and O–H groups in total. The fraction of sp³-hybridized carbons (Fsp3) is 0.278. The third-order valence-electron chi connectivity index (χ3n) is 3.09. The van der Waals surface area contributed by atoms with Crippen LogP contribution >= 0.6 is 11.3 Å². The van der Waals surface area contributed by atoms with Crippen molar-refractivity contribution in [3.8, 4) is 5.75 Å². The molecule has 2 rings (SSSR count). The number of carbonyl (C=O) groups excluding carboxylic acids is 1. The molecule has 0 unspecified atom stereocenters. The summed E-state index contributed by atoms with van der Waals surface area (Å²) in [6.07, 6.45) is 4.37. The number of anilines is 1. The monoisotopic (exact) mass is 315 g/mol. The Labute approximate surface area is 135 Å². The van der Waals surface area contributed by atoms with Gasteiger partial charge in [-0.1, -0.05) is 6.92 Å². The van der Waals surface area contributed by atoms with Crippen molar-refractivity contribution in [2.75, 3.05) is 11.9 Å². The van der Waals surface area contributed by atoms with Gasteiger partial charge in [0.2, 0.25) is 5.91 Å². The minimum absolute atomic E-state index is 0.128. The van der Waals surface area contributed by atoms with Gasteiger partial charge in [-0.3, -0.25) is 4.79 Å². The van der Waals surface area contributed by atoms with Crippen molar-refractivity contribution >= 4 is 29.0 Å². The zero-order valence-electron chi connectivity index (χ0n) is 13.2. The summed E-state index contributed by atoms with van der Waals surface area (Å²) in [4.78, 5) is 14.3. The van der Waals surface area contributed by atoms with Gasteiger partial charge in [0.1, 0.15) is 5.75 Å². The molecule has 0 radical (unpaired) electrons. The highest BCUT2D eigenvalue weighted by Crippen LogP contribution is 2.22. The number of hydrogen-bond acceptors (Lipinski definition) is 3. The van der Waals surface area contributed by atoms with Crippen LogP contribution in [0, 0.1) is 13.8 Å². The summed E-state index contributed by atoms with van der Waals surface area (Å²) in [5.74, 6) is 0.707. The molecule has 1 aromatic carbocycles. The predicted octanol–water partition coefficient (Wildman–Crippen LogP) is 4.81. The molecule has 2 aromatic rings. The molecular formula is C18H21NO2S. The minimum Gasteiger partial charge on any atom is -0.494 e. The Morgan fingerprint density at radius 1 is 1.27 bits per heavy atom. The lowest BCUT2D eigenvalue weighted by Crippen LogP contribution is -2.09. The van der Waals surface area contributed by atoms with Gasteiger partial charge in [0, 0.05) is 21.5 Å². The van der Waals surface area contributed by atoms with E-state index in [4.69, 9.17) is 4.74 Å². The number of carbonyl (C=O) groups is 1. The first-order valence-electron chi connectivity index (χ1n) is 7.37. The van der Waals surface area contributed by atoms with E-state index in [0.29, 0.717) is 6.61 Å². The summed E-state index contributed by atoms with van der Waals surface area (Å²) in [6.45, 7) is 6.78. The van der Waals surface area contributed by atoms with Gasteiger partial charge in [-0.15, -0.1) is 11.3 Å².